The second-order valence-corrected chi connectivity index (χ2v) is 7.60. The van der Waals surface area contributed by atoms with Crippen molar-refractivity contribution in [2.75, 3.05) is 13.2 Å². The third-order valence-electron chi connectivity index (χ3n) is 5.89. The van der Waals surface area contributed by atoms with E-state index in [1.54, 1.807) is 0 Å². The average Bonchev–Trinajstić information content (AvgIpc) is 2.56. The summed E-state index contributed by atoms with van der Waals surface area (Å²) in [6.07, 6.45) is 21.0. The fraction of sp³-hybridized carbons (Fsp3) is 0.810. The summed E-state index contributed by atoms with van der Waals surface area (Å²) in [5.74, 6) is 3.72. The van der Waals surface area contributed by atoms with Crippen molar-refractivity contribution >= 4 is 0 Å². The second kappa shape index (κ2) is 10.3. The van der Waals surface area contributed by atoms with Crippen LogP contribution in [-0.2, 0) is 4.74 Å². The van der Waals surface area contributed by atoms with Gasteiger partial charge in [-0.25, -0.2) is 0 Å². The predicted molar refractivity (Wildman–Crippen MR) is 96.0 cm³/mol. The van der Waals surface area contributed by atoms with Crippen molar-refractivity contribution in [3.05, 3.63) is 24.8 Å². The highest BCUT2D eigenvalue weighted by atomic mass is 16.5. The van der Waals surface area contributed by atoms with Crippen molar-refractivity contribution in [3.8, 4) is 0 Å². The number of hydrogen-bond acceptors (Lipinski definition) is 1. The van der Waals surface area contributed by atoms with Gasteiger partial charge in [-0.15, -0.1) is 6.58 Å². The zero-order chi connectivity index (χ0) is 15.6. The highest BCUT2D eigenvalue weighted by Gasteiger charge is 2.24. The summed E-state index contributed by atoms with van der Waals surface area (Å²) in [5, 5.41) is 0. The van der Waals surface area contributed by atoms with Crippen molar-refractivity contribution in [3.63, 3.8) is 0 Å². The molecule has 2 fully saturated rings. The lowest BCUT2D eigenvalue weighted by atomic mass is 9.75. The van der Waals surface area contributed by atoms with E-state index in [-0.39, 0.29) is 0 Å². The Balaban J connectivity index is 1.54. The molecule has 2 aliphatic carbocycles. The van der Waals surface area contributed by atoms with E-state index < -0.39 is 0 Å². The van der Waals surface area contributed by atoms with Crippen LogP contribution in [0, 0.1) is 23.7 Å². The van der Waals surface area contributed by atoms with E-state index in [0.29, 0.717) is 0 Å². The molecule has 22 heavy (non-hydrogen) atoms. The smallest absolute Gasteiger partial charge is 0.0644 e. The van der Waals surface area contributed by atoms with Gasteiger partial charge in [-0.3, -0.25) is 0 Å². The van der Waals surface area contributed by atoms with Crippen LogP contribution in [0.1, 0.15) is 71.1 Å². The van der Waals surface area contributed by atoms with Crippen LogP contribution in [0.3, 0.4) is 0 Å². The van der Waals surface area contributed by atoms with Gasteiger partial charge >= 0.3 is 0 Å². The van der Waals surface area contributed by atoms with E-state index in [2.05, 4.69) is 25.7 Å². The summed E-state index contributed by atoms with van der Waals surface area (Å²) in [5.41, 5.74) is 0. The van der Waals surface area contributed by atoms with Gasteiger partial charge in [0.05, 0.1) is 6.61 Å². The van der Waals surface area contributed by atoms with Crippen LogP contribution in [0.5, 0.6) is 0 Å². The zero-order valence-corrected chi connectivity index (χ0v) is 14.6. The normalized spacial score (nSPS) is 33.1. The maximum Gasteiger partial charge on any atom is 0.0644 e. The maximum atomic E-state index is 5.62. The van der Waals surface area contributed by atoms with E-state index >= 15 is 0 Å². The van der Waals surface area contributed by atoms with Gasteiger partial charge in [-0.2, -0.15) is 0 Å². The first-order chi connectivity index (χ1) is 10.8. The van der Waals surface area contributed by atoms with Gasteiger partial charge in [-0.05, 0) is 69.1 Å². The Morgan fingerprint density at radius 3 is 1.95 bits per heavy atom. The molecule has 1 nitrogen and oxygen atoms in total. The fourth-order valence-electron chi connectivity index (χ4n) is 4.42. The average molecular weight is 305 g/mol. The molecule has 0 heterocycles. The van der Waals surface area contributed by atoms with Gasteiger partial charge in [0.1, 0.15) is 0 Å². The zero-order valence-electron chi connectivity index (χ0n) is 14.6. The topological polar surface area (TPSA) is 9.23 Å². The van der Waals surface area contributed by atoms with Gasteiger partial charge in [-0.1, -0.05) is 43.9 Å². The van der Waals surface area contributed by atoms with Crippen LogP contribution >= 0.6 is 0 Å². The maximum absolute atomic E-state index is 5.62. The van der Waals surface area contributed by atoms with Gasteiger partial charge in [0.25, 0.3) is 0 Å². The monoisotopic (exact) mass is 304 g/mol. The summed E-state index contributed by atoms with van der Waals surface area (Å²) in [6.45, 7) is 7.54. The number of hydrogen-bond donors (Lipinski definition) is 0. The summed E-state index contributed by atoms with van der Waals surface area (Å²) in [6, 6.07) is 0. The van der Waals surface area contributed by atoms with E-state index in [1.807, 2.05) is 6.08 Å². The van der Waals surface area contributed by atoms with Crippen molar-refractivity contribution in [1.82, 2.24) is 0 Å². The lowest BCUT2D eigenvalue weighted by molar-refractivity contribution is 0.0937. The Kier molecular flexibility index (Phi) is 8.30. The fourth-order valence-corrected chi connectivity index (χ4v) is 4.42. The number of ether oxygens (including phenoxy) is 1. The molecule has 0 aromatic rings. The Labute approximate surface area is 138 Å². The van der Waals surface area contributed by atoms with Crippen molar-refractivity contribution < 1.29 is 4.74 Å². The Bertz CT molecular complexity index is 317. The molecule has 2 saturated carbocycles. The molecular weight excluding hydrogens is 268 g/mol. The molecule has 0 aromatic carbocycles. The molecule has 126 valence electrons. The second-order valence-electron chi connectivity index (χ2n) is 7.60. The standard InChI is InChI=1S/C21H36O/c1-3-5-18-6-8-19(9-7-18)10-11-20-12-14-21(15-13-20)17-22-16-4-2/h3-5,18-21H,2,6-17H2,1H3/t18-,19-,20-,21-. The van der Waals surface area contributed by atoms with Crippen LogP contribution in [-0.4, -0.2) is 13.2 Å². The molecule has 0 spiro atoms. The van der Waals surface area contributed by atoms with E-state index in [1.165, 1.54) is 64.2 Å². The number of allylic oxidation sites excluding steroid dienone is 2. The molecule has 0 amide bonds. The number of rotatable bonds is 8. The molecule has 0 aromatic heterocycles. The lowest BCUT2D eigenvalue weighted by Crippen LogP contribution is -2.20. The summed E-state index contributed by atoms with van der Waals surface area (Å²) < 4.78 is 5.62. The molecule has 0 N–H and O–H groups in total. The molecule has 1 heteroatoms. The van der Waals surface area contributed by atoms with Crippen LogP contribution in [0.15, 0.2) is 24.8 Å². The first-order valence-corrected chi connectivity index (χ1v) is 9.63. The van der Waals surface area contributed by atoms with Gasteiger partial charge in [0.2, 0.25) is 0 Å². The van der Waals surface area contributed by atoms with Crippen molar-refractivity contribution in [2.45, 2.75) is 71.1 Å². The minimum atomic E-state index is 0.718. The third-order valence-corrected chi connectivity index (χ3v) is 5.89. The third kappa shape index (κ3) is 6.28. The lowest BCUT2D eigenvalue weighted by Gasteiger charge is -2.31. The quantitative estimate of drug-likeness (QED) is 0.385. The predicted octanol–water partition coefficient (Wildman–Crippen LogP) is 6.16. The van der Waals surface area contributed by atoms with Gasteiger partial charge in [0, 0.05) is 6.61 Å². The first-order valence-electron chi connectivity index (χ1n) is 9.63. The first kappa shape index (κ1) is 17.8. The SMILES string of the molecule is C=CCOC[C@H]1CC[C@H](CC[C@H]2CC[C@H](C=CC)CC2)CC1. The molecule has 0 saturated heterocycles. The van der Waals surface area contributed by atoms with E-state index in [9.17, 15) is 0 Å². The summed E-state index contributed by atoms with van der Waals surface area (Å²) >= 11 is 0. The largest absolute Gasteiger partial charge is 0.377 e. The van der Waals surface area contributed by atoms with Crippen LogP contribution in [0.25, 0.3) is 0 Å². The van der Waals surface area contributed by atoms with Crippen LogP contribution in [0.4, 0.5) is 0 Å². The molecule has 0 radical (unpaired) electrons. The molecule has 0 atom stereocenters. The molecule has 0 aliphatic heterocycles. The molecule has 0 unspecified atom stereocenters. The Hall–Kier alpha value is -0.560. The van der Waals surface area contributed by atoms with Gasteiger partial charge in [0.15, 0.2) is 0 Å². The van der Waals surface area contributed by atoms with E-state index in [4.69, 9.17) is 4.74 Å². The molecular formula is C21H36O. The van der Waals surface area contributed by atoms with Crippen LogP contribution in [0.2, 0.25) is 0 Å². The summed E-state index contributed by atoms with van der Waals surface area (Å²) in [7, 11) is 0. The Morgan fingerprint density at radius 1 is 0.864 bits per heavy atom. The van der Waals surface area contributed by atoms with Crippen molar-refractivity contribution in [1.29, 1.82) is 0 Å². The van der Waals surface area contributed by atoms with Crippen molar-refractivity contribution in [2.24, 2.45) is 23.7 Å². The van der Waals surface area contributed by atoms with Crippen LogP contribution < -0.4 is 0 Å². The van der Waals surface area contributed by atoms with Gasteiger partial charge < -0.3 is 4.74 Å². The minimum absolute atomic E-state index is 0.718. The molecule has 2 aliphatic rings. The highest BCUT2D eigenvalue weighted by Crippen LogP contribution is 2.36. The Morgan fingerprint density at radius 2 is 1.41 bits per heavy atom. The molecule has 2 rings (SSSR count). The minimum Gasteiger partial charge on any atom is -0.377 e. The summed E-state index contributed by atoms with van der Waals surface area (Å²) in [4.78, 5) is 0. The van der Waals surface area contributed by atoms with E-state index in [0.717, 1.165) is 36.9 Å². The highest BCUT2D eigenvalue weighted by molar-refractivity contribution is 4.89. The molecule has 0 bridgehead atoms.